The summed E-state index contributed by atoms with van der Waals surface area (Å²) < 4.78 is 5.83. The predicted molar refractivity (Wildman–Crippen MR) is 99.7 cm³/mol. The number of hydrogen-bond acceptors (Lipinski definition) is 4. The molecule has 0 atom stereocenters. The third-order valence-corrected chi connectivity index (χ3v) is 4.20. The normalized spacial score (nSPS) is 10.6. The molecule has 0 radical (unpaired) electrons. The van der Waals surface area contributed by atoms with Crippen LogP contribution in [0.1, 0.15) is 20.3 Å². The van der Waals surface area contributed by atoms with Gasteiger partial charge >= 0.3 is 6.03 Å². The summed E-state index contributed by atoms with van der Waals surface area (Å²) in [7, 11) is 0. The maximum Gasteiger partial charge on any atom is 0.319 e. The minimum Gasteiger partial charge on any atom is -0.490 e. The Morgan fingerprint density at radius 2 is 2.00 bits per heavy atom. The zero-order chi connectivity index (χ0) is 16.9. The number of rotatable bonds is 11. The van der Waals surface area contributed by atoms with E-state index in [-0.39, 0.29) is 6.03 Å². The average molecular weight is 340 g/mol. The predicted octanol–water partition coefficient (Wildman–Crippen LogP) is 3.28. The largest absolute Gasteiger partial charge is 0.490 e. The molecule has 0 saturated carbocycles. The molecule has 0 fully saturated rings. The van der Waals surface area contributed by atoms with E-state index >= 15 is 0 Å². The van der Waals surface area contributed by atoms with Crippen molar-refractivity contribution in [3.05, 3.63) is 24.3 Å². The molecule has 5 nitrogen and oxygen atoms in total. The second-order valence-corrected chi connectivity index (χ2v) is 6.08. The third kappa shape index (κ3) is 8.13. The molecule has 130 valence electrons. The van der Waals surface area contributed by atoms with Gasteiger partial charge in [0.2, 0.25) is 0 Å². The molecule has 1 aromatic carbocycles. The van der Waals surface area contributed by atoms with Crippen molar-refractivity contribution in [1.29, 1.82) is 0 Å². The molecule has 2 amide bonds. The Balaban J connectivity index is 2.45. The van der Waals surface area contributed by atoms with Crippen molar-refractivity contribution in [2.45, 2.75) is 20.3 Å². The molecule has 0 heterocycles. The molecular weight excluding hydrogens is 310 g/mol. The van der Waals surface area contributed by atoms with Crippen LogP contribution in [0, 0.1) is 0 Å². The monoisotopic (exact) mass is 339 g/mol. The van der Waals surface area contributed by atoms with Gasteiger partial charge in [0, 0.05) is 13.1 Å². The zero-order valence-corrected chi connectivity index (χ0v) is 15.2. The lowest BCUT2D eigenvalue weighted by atomic mass is 10.3. The van der Waals surface area contributed by atoms with Crippen LogP contribution in [0.3, 0.4) is 0 Å². The molecular formula is C17H29N3O2S. The van der Waals surface area contributed by atoms with Crippen LogP contribution in [0.2, 0.25) is 0 Å². The highest BCUT2D eigenvalue weighted by Gasteiger charge is 2.07. The van der Waals surface area contributed by atoms with Gasteiger partial charge in [0.05, 0.1) is 5.69 Å². The minimum atomic E-state index is -0.189. The van der Waals surface area contributed by atoms with E-state index in [0.717, 1.165) is 31.8 Å². The van der Waals surface area contributed by atoms with Gasteiger partial charge in [-0.05, 0) is 43.7 Å². The van der Waals surface area contributed by atoms with Gasteiger partial charge in [-0.3, -0.25) is 0 Å². The highest BCUT2D eigenvalue weighted by molar-refractivity contribution is 7.98. The number of nitrogens with one attached hydrogen (secondary N) is 2. The van der Waals surface area contributed by atoms with Crippen LogP contribution < -0.4 is 15.4 Å². The molecule has 0 spiro atoms. The lowest BCUT2D eigenvalue weighted by Crippen LogP contribution is -2.30. The Morgan fingerprint density at radius 3 is 2.70 bits per heavy atom. The topological polar surface area (TPSA) is 53.6 Å². The molecule has 2 N–H and O–H groups in total. The van der Waals surface area contributed by atoms with Gasteiger partial charge < -0.3 is 20.3 Å². The summed E-state index contributed by atoms with van der Waals surface area (Å²) in [5.41, 5.74) is 0.703. The molecule has 1 aromatic rings. The summed E-state index contributed by atoms with van der Waals surface area (Å²) in [6.45, 7) is 8.47. The van der Waals surface area contributed by atoms with Crippen LogP contribution >= 0.6 is 11.8 Å². The van der Waals surface area contributed by atoms with Gasteiger partial charge in [-0.1, -0.05) is 26.0 Å². The first-order chi connectivity index (χ1) is 11.2. The fourth-order valence-electron chi connectivity index (χ4n) is 2.11. The van der Waals surface area contributed by atoms with Crippen LogP contribution in [-0.2, 0) is 0 Å². The second kappa shape index (κ2) is 12.1. The van der Waals surface area contributed by atoms with Crippen molar-refractivity contribution in [3.63, 3.8) is 0 Å². The number of carbonyl (C=O) groups excluding carboxylic acids is 1. The van der Waals surface area contributed by atoms with Crippen molar-refractivity contribution in [2.24, 2.45) is 0 Å². The maximum absolute atomic E-state index is 11.9. The highest BCUT2D eigenvalue weighted by atomic mass is 32.2. The molecule has 0 saturated heterocycles. The van der Waals surface area contributed by atoms with E-state index in [9.17, 15) is 4.79 Å². The Morgan fingerprint density at radius 1 is 1.26 bits per heavy atom. The minimum absolute atomic E-state index is 0.189. The Labute approximate surface area is 144 Å². The zero-order valence-electron chi connectivity index (χ0n) is 14.4. The number of urea groups is 1. The summed E-state index contributed by atoms with van der Waals surface area (Å²) in [5.74, 6) is 1.75. The van der Waals surface area contributed by atoms with Crippen LogP contribution in [0.25, 0.3) is 0 Å². The molecule has 0 aliphatic heterocycles. The van der Waals surface area contributed by atoms with E-state index in [1.807, 2.05) is 24.3 Å². The Bertz CT molecular complexity index is 453. The average Bonchev–Trinajstić information content (AvgIpc) is 2.57. The van der Waals surface area contributed by atoms with E-state index in [1.165, 1.54) is 0 Å². The lowest BCUT2D eigenvalue weighted by molar-refractivity contribution is 0.223. The first-order valence-electron chi connectivity index (χ1n) is 8.19. The van der Waals surface area contributed by atoms with E-state index in [1.54, 1.807) is 11.8 Å². The summed E-state index contributed by atoms with van der Waals surface area (Å²) in [5, 5.41) is 5.72. The smallest absolute Gasteiger partial charge is 0.319 e. The van der Waals surface area contributed by atoms with Gasteiger partial charge in [0.15, 0.2) is 0 Å². The van der Waals surface area contributed by atoms with Crippen molar-refractivity contribution in [1.82, 2.24) is 10.2 Å². The molecule has 23 heavy (non-hydrogen) atoms. The van der Waals surface area contributed by atoms with Crippen LogP contribution in [0.15, 0.2) is 24.3 Å². The number of thioether (sulfide) groups is 1. The number of anilines is 1. The van der Waals surface area contributed by atoms with Crippen molar-refractivity contribution < 1.29 is 9.53 Å². The number of hydrogen-bond donors (Lipinski definition) is 2. The van der Waals surface area contributed by atoms with Gasteiger partial charge in [-0.25, -0.2) is 4.79 Å². The van der Waals surface area contributed by atoms with Crippen LogP contribution in [0.4, 0.5) is 10.5 Å². The number of nitrogens with zero attached hydrogens (tertiary/aromatic N) is 1. The SMILES string of the molecule is CCN(CC)CCOc1ccccc1NC(=O)NCCCSC. The molecule has 0 bridgehead atoms. The Hall–Kier alpha value is -1.40. The number of para-hydroxylation sites is 2. The van der Waals surface area contributed by atoms with Crippen molar-refractivity contribution in [2.75, 3.05) is 50.1 Å². The standard InChI is InChI=1S/C17H29N3O2S/c1-4-20(5-2)12-13-22-16-10-7-6-9-15(16)19-17(21)18-11-8-14-23-3/h6-7,9-10H,4-5,8,11-14H2,1-3H3,(H2,18,19,21). The summed E-state index contributed by atoms with van der Waals surface area (Å²) in [4.78, 5) is 14.2. The first-order valence-corrected chi connectivity index (χ1v) is 9.58. The van der Waals surface area contributed by atoms with Gasteiger partial charge in [0.1, 0.15) is 12.4 Å². The van der Waals surface area contributed by atoms with E-state index in [4.69, 9.17) is 4.74 Å². The molecule has 0 aliphatic rings. The van der Waals surface area contributed by atoms with Gasteiger partial charge in [-0.2, -0.15) is 11.8 Å². The van der Waals surface area contributed by atoms with Gasteiger partial charge in [-0.15, -0.1) is 0 Å². The number of carbonyl (C=O) groups is 1. The quantitative estimate of drug-likeness (QED) is 0.608. The number of ether oxygens (including phenoxy) is 1. The summed E-state index contributed by atoms with van der Waals surface area (Å²) in [6, 6.07) is 7.35. The maximum atomic E-state index is 11.9. The fourth-order valence-corrected chi connectivity index (χ4v) is 2.54. The Kier molecular flexibility index (Phi) is 10.3. The number of amides is 2. The van der Waals surface area contributed by atoms with Crippen molar-refractivity contribution in [3.8, 4) is 5.75 Å². The van der Waals surface area contributed by atoms with E-state index in [2.05, 4.69) is 35.6 Å². The molecule has 0 aliphatic carbocycles. The molecule has 0 unspecified atom stereocenters. The van der Waals surface area contributed by atoms with Crippen LogP contribution in [-0.4, -0.2) is 55.7 Å². The van der Waals surface area contributed by atoms with E-state index in [0.29, 0.717) is 24.6 Å². The molecule has 6 heteroatoms. The second-order valence-electron chi connectivity index (χ2n) is 5.10. The molecule has 0 aromatic heterocycles. The number of likely N-dealkylation sites (N-methyl/N-ethyl adjacent to an activating group) is 1. The highest BCUT2D eigenvalue weighted by Crippen LogP contribution is 2.23. The molecule has 1 rings (SSSR count). The fraction of sp³-hybridized carbons (Fsp3) is 0.588. The van der Waals surface area contributed by atoms with Crippen molar-refractivity contribution >= 4 is 23.5 Å². The van der Waals surface area contributed by atoms with E-state index < -0.39 is 0 Å². The summed E-state index contributed by atoms with van der Waals surface area (Å²) >= 11 is 1.78. The summed E-state index contributed by atoms with van der Waals surface area (Å²) in [6.07, 6.45) is 3.03. The van der Waals surface area contributed by atoms with Gasteiger partial charge in [0.25, 0.3) is 0 Å². The van der Waals surface area contributed by atoms with Crippen LogP contribution in [0.5, 0.6) is 5.75 Å². The first kappa shape index (κ1) is 19.6. The lowest BCUT2D eigenvalue weighted by Gasteiger charge is -2.19. The third-order valence-electron chi connectivity index (χ3n) is 3.51. The number of benzene rings is 1.